The maximum absolute atomic E-state index is 13.5. The zero-order valence-corrected chi connectivity index (χ0v) is 16.9. The summed E-state index contributed by atoms with van der Waals surface area (Å²) in [5.41, 5.74) is 5.00. The van der Waals surface area contributed by atoms with Crippen LogP contribution in [0, 0.1) is 13.8 Å². The van der Waals surface area contributed by atoms with Crippen molar-refractivity contribution in [1.82, 2.24) is 30.0 Å². The van der Waals surface area contributed by atoms with Crippen LogP contribution in [-0.4, -0.2) is 49.0 Å². The summed E-state index contributed by atoms with van der Waals surface area (Å²) in [6, 6.07) is 11.8. The summed E-state index contributed by atoms with van der Waals surface area (Å²) in [6.07, 6.45) is 4.14. The second-order valence-electron chi connectivity index (χ2n) is 7.54. The lowest BCUT2D eigenvalue weighted by Crippen LogP contribution is -2.41. The Bertz CT molecular complexity index is 1210. The maximum atomic E-state index is 13.5. The van der Waals surface area contributed by atoms with E-state index in [1.54, 1.807) is 12.4 Å². The fourth-order valence-corrected chi connectivity index (χ4v) is 3.93. The molecule has 0 saturated carbocycles. The van der Waals surface area contributed by atoms with E-state index in [1.165, 1.54) is 4.80 Å². The van der Waals surface area contributed by atoms with Crippen LogP contribution >= 0.6 is 0 Å². The highest BCUT2D eigenvalue weighted by Crippen LogP contribution is 2.24. The van der Waals surface area contributed by atoms with Gasteiger partial charge in [-0.3, -0.25) is 9.80 Å². The number of aryl methyl sites for hydroxylation is 2. The van der Waals surface area contributed by atoms with Gasteiger partial charge in [-0.25, -0.2) is 9.99 Å². The fourth-order valence-electron chi connectivity index (χ4n) is 3.93. The average molecular weight is 402 g/mol. The molecule has 2 aromatic carbocycles. The quantitative estimate of drug-likeness (QED) is 0.521. The first-order valence-electron chi connectivity index (χ1n) is 9.98. The van der Waals surface area contributed by atoms with Crippen LogP contribution in [0.5, 0.6) is 0 Å². The van der Waals surface area contributed by atoms with Gasteiger partial charge in [-0.15, -0.1) is 0 Å². The molecule has 1 aliphatic rings. The molecular weight excluding hydrogens is 380 g/mol. The Hall–Kier alpha value is -3.52. The van der Waals surface area contributed by atoms with Crippen molar-refractivity contribution in [1.29, 1.82) is 0 Å². The van der Waals surface area contributed by atoms with Gasteiger partial charge in [-0.1, -0.05) is 17.7 Å². The lowest BCUT2D eigenvalue weighted by molar-refractivity contribution is 0.0170. The van der Waals surface area contributed by atoms with E-state index in [0.717, 1.165) is 35.2 Å². The number of oxazole rings is 1. The number of carbonyl (C=O) groups excluding carboxylic acids is 1. The maximum Gasteiger partial charge on any atom is 0.270 e. The summed E-state index contributed by atoms with van der Waals surface area (Å²) in [4.78, 5) is 19.4. The molecule has 1 aliphatic heterocycles. The molecule has 0 bridgehead atoms. The number of aromatic nitrogens is 4. The molecule has 1 saturated heterocycles. The summed E-state index contributed by atoms with van der Waals surface area (Å²) in [5, 5.41) is 12.3. The van der Waals surface area contributed by atoms with Gasteiger partial charge in [0.2, 0.25) is 0 Å². The number of fused-ring (bicyclic) bond motifs is 1. The van der Waals surface area contributed by atoms with E-state index in [-0.39, 0.29) is 5.91 Å². The molecule has 1 amide bonds. The van der Waals surface area contributed by atoms with Gasteiger partial charge in [0.1, 0.15) is 5.52 Å². The third-order valence-electron chi connectivity index (χ3n) is 5.30. The second-order valence-corrected chi connectivity index (χ2v) is 7.54. The van der Waals surface area contributed by atoms with Crippen LogP contribution in [0.15, 0.2) is 53.2 Å². The van der Waals surface area contributed by atoms with E-state index in [1.807, 2.05) is 55.3 Å². The number of rotatable bonds is 4. The minimum atomic E-state index is -0.0416. The van der Waals surface area contributed by atoms with Crippen molar-refractivity contribution >= 4 is 17.0 Å². The Labute approximate surface area is 173 Å². The number of hydrazine groups is 1. The molecule has 1 fully saturated rings. The molecule has 3 heterocycles. The van der Waals surface area contributed by atoms with Gasteiger partial charge in [-0.05, 0) is 43.2 Å². The van der Waals surface area contributed by atoms with Gasteiger partial charge in [-0.2, -0.15) is 15.0 Å². The van der Waals surface area contributed by atoms with Crippen molar-refractivity contribution < 1.29 is 9.21 Å². The summed E-state index contributed by atoms with van der Waals surface area (Å²) < 4.78 is 5.66. The Morgan fingerprint density at radius 2 is 1.90 bits per heavy atom. The molecule has 2 aromatic heterocycles. The van der Waals surface area contributed by atoms with E-state index in [4.69, 9.17) is 4.42 Å². The molecule has 0 spiro atoms. The van der Waals surface area contributed by atoms with Crippen molar-refractivity contribution in [2.24, 2.45) is 0 Å². The molecular formula is C22H22N6O2. The highest BCUT2D eigenvalue weighted by Gasteiger charge is 2.29. The predicted molar refractivity (Wildman–Crippen MR) is 111 cm³/mol. The van der Waals surface area contributed by atoms with Crippen molar-refractivity contribution in [2.75, 3.05) is 13.1 Å². The van der Waals surface area contributed by atoms with Crippen molar-refractivity contribution in [3.05, 3.63) is 71.4 Å². The average Bonchev–Trinajstić information content (AvgIpc) is 3.47. The Morgan fingerprint density at radius 3 is 2.73 bits per heavy atom. The van der Waals surface area contributed by atoms with Crippen LogP contribution in [-0.2, 0) is 6.54 Å². The first-order valence-corrected chi connectivity index (χ1v) is 9.98. The molecule has 0 atom stereocenters. The molecule has 4 aromatic rings. The summed E-state index contributed by atoms with van der Waals surface area (Å²) in [6.45, 7) is 5.95. The molecule has 8 heteroatoms. The van der Waals surface area contributed by atoms with Gasteiger partial charge in [0.25, 0.3) is 5.91 Å². The Kier molecular flexibility index (Phi) is 4.55. The molecule has 8 nitrogen and oxygen atoms in total. The van der Waals surface area contributed by atoms with E-state index >= 15 is 0 Å². The molecule has 152 valence electrons. The summed E-state index contributed by atoms with van der Waals surface area (Å²) >= 11 is 0. The fraction of sp³-hybridized carbons (Fsp3) is 0.273. The summed E-state index contributed by atoms with van der Waals surface area (Å²) in [5.74, 6) is 0.611. The minimum absolute atomic E-state index is 0.0416. The highest BCUT2D eigenvalue weighted by molar-refractivity contribution is 5.97. The van der Waals surface area contributed by atoms with Gasteiger partial charge in [0, 0.05) is 26.6 Å². The standard InChI is InChI=1S/C22H22N6O2/c1-15-4-7-20(28-23-8-9-24-28)18(12-15)22(29)27-11-3-10-26(27)14-17-5-6-19-21(13-17)30-16(2)25-19/h4-9,12-13H,3,10-11,14H2,1-2H3. The molecule has 30 heavy (non-hydrogen) atoms. The van der Waals surface area contributed by atoms with Crippen LogP contribution in [0.4, 0.5) is 0 Å². The second kappa shape index (κ2) is 7.38. The zero-order chi connectivity index (χ0) is 20.7. The van der Waals surface area contributed by atoms with Crippen LogP contribution in [0.2, 0.25) is 0 Å². The topological polar surface area (TPSA) is 80.3 Å². The van der Waals surface area contributed by atoms with Gasteiger partial charge in [0.15, 0.2) is 11.5 Å². The van der Waals surface area contributed by atoms with Crippen molar-refractivity contribution in [3.63, 3.8) is 0 Å². The first-order chi connectivity index (χ1) is 14.6. The van der Waals surface area contributed by atoms with Crippen LogP contribution in [0.3, 0.4) is 0 Å². The van der Waals surface area contributed by atoms with Gasteiger partial charge >= 0.3 is 0 Å². The number of hydrogen-bond donors (Lipinski definition) is 0. The van der Waals surface area contributed by atoms with Crippen molar-refractivity contribution in [2.45, 2.75) is 26.8 Å². The van der Waals surface area contributed by atoms with Crippen LogP contribution in [0.25, 0.3) is 16.8 Å². The number of amides is 1. The van der Waals surface area contributed by atoms with E-state index in [9.17, 15) is 4.79 Å². The van der Waals surface area contributed by atoms with E-state index in [0.29, 0.717) is 30.2 Å². The Morgan fingerprint density at radius 1 is 1.07 bits per heavy atom. The molecule has 5 rings (SSSR count). The molecule has 0 N–H and O–H groups in total. The first kappa shape index (κ1) is 18.5. The van der Waals surface area contributed by atoms with Crippen LogP contribution in [0.1, 0.15) is 33.8 Å². The van der Waals surface area contributed by atoms with Crippen LogP contribution < -0.4 is 0 Å². The predicted octanol–water partition coefficient (Wildman–Crippen LogP) is 3.29. The smallest absolute Gasteiger partial charge is 0.270 e. The largest absolute Gasteiger partial charge is 0.441 e. The lowest BCUT2D eigenvalue weighted by atomic mass is 10.1. The number of hydrogen-bond acceptors (Lipinski definition) is 6. The Balaban J connectivity index is 1.43. The number of nitrogens with zero attached hydrogens (tertiary/aromatic N) is 6. The number of benzene rings is 2. The normalized spacial score (nSPS) is 14.7. The molecule has 0 radical (unpaired) electrons. The monoisotopic (exact) mass is 402 g/mol. The van der Waals surface area contributed by atoms with Gasteiger partial charge < -0.3 is 4.42 Å². The molecule has 0 unspecified atom stereocenters. The zero-order valence-electron chi connectivity index (χ0n) is 16.9. The van der Waals surface area contributed by atoms with E-state index < -0.39 is 0 Å². The lowest BCUT2D eigenvalue weighted by Gasteiger charge is -2.28. The minimum Gasteiger partial charge on any atom is -0.441 e. The van der Waals surface area contributed by atoms with Crippen molar-refractivity contribution in [3.8, 4) is 5.69 Å². The number of carbonyl (C=O) groups is 1. The SMILES string of the molecule is Cc1ccc(-n2nccn2)c(C(=O)N2CCCN2Cc2ccc3nc(C)oc3c2)c1. The van der Waals surface area contributed by atoms with Gasteiger partial charge in [0.05, 0.1) is 23.6 Å². The molecule has 0 aliphatic carbocycles. The summed E-state index contributed by atoms with van der Waals surface area (Å²) in [7, 11) is 0. The highest BCUT2D eigenvalue weighted by atomic mass is 16.3. The van der Waals surface area contributed by atoms with E-state index in [2.05, 4.69) is 20.2 Å². The third-order valence-corrected chi connectivity index (χ3v) is 5.30. The third kappa shape index (κ3) is 3.35.